The van der Waals surface area contributed by atoms with Crippen molar-refractivity contribution in [3.8, 4) is 39.5 Å². The zero-order chi connectivity index (χ0) is 26.6. The fraction of sp³-hybridized carbons (Fsp3) is 0.176. The van der Waals surface area contributed by atoms with Gasteiger partial charge in [0, 0.05) is 22.4 Å². The van der Waals surface area contributed by atoms with Gasteiger partial charge in [-0.1, -0.05) is 60.7 Å². The molecule has 0 bridgehead atoms. The van der Waals surface area contributed by atoms with E-state index in [1.807, 2.05) is 6.07 Å². The minimum Gasteiger partial charge on any atom is -0.504 e. The van der Waals surface area contributed by atoms with E-state index in [1.54, 1.807) is 19.2 Å². The van der Waals surface area contributed by atoms with Crippen LogP contribution in [0.5, 0.6) is 17.2 Å². The Morgan fingerprint density at radius 3 is 2.39 bits per heavy atom. The summed E-state index contributed by atoms with van der Waals surface area (Å²) in [5.74, 6) is 1.92. The van der Waals surface area contributed by atoms with Crippen LogP contribution < -0.4 is 14.8 Å². The predicted molar refractivity (Wildman–Crippen MR) is 157 cm³/mol. The molecule has 2 heterocycles. The lowest BCUT2D eigenvalue weighted by molar-refractivity contribution is 0.371. The molecule has 2 aliphatic rings. The maximum absolute atomic E-state index is 10.6. The maximum Gasteiger partial charge on any atom is 0.172 e. The van der Waals surface area contributed by atoms with Crippen LogP contribution in [0.15, 0.2) is 78.9 Å². The third kappa shape index (κ3) is 3.84. The summed E-state index contributed by atoms with van der Waals surface area (Å²) in [6.45, 7) is 8.64. The molecule has 6 rings (SSSR count). The van der Waals surface area contributed by atoms with E-state index in [0.29, 0.717) is 11.5 Å². The smallest absolute Gasteiger partial charge is 0.172 e. The molecule has 0 atom stereocenters. The molecule has 38 heavy (non-hydrogen) atoms. The number of rotatable bonds is 3. The molecular formula is C34H31NO3. The number of phenolic OH excluding ortho intramolecular Hbond substituents is 1. The highest BCUT2D eigenvalue weighted by Crippen LogP contribution is 2.54. The second-order valence-electron chi connectivity index (χ2n) is 10.6. The molecule has 190 valence electrons. The molecule has 4 heteroatoms. The number of ether oxygens (including phenoxy) is 2. The number of aromatic hydroxyl groups is 1. The number of nitrogens with one attached hydrogen (secondary N) is 1. The summed E-state index contributed by atoms with van der Waals surface area (Å²) in [6.07, 6.45) is 4.39. The highest BCUT2D eigenvalue weighted by molar-refractivity contribution is 6.02. The molecule has 0 saturated heterocycles. The van der Waals surface area contributed by atoms with Gasteiger partial charge in [0.15, 0.2) is 11.5 Å². The lowest BCUT2D eigenvalue weighted by Gasteiger charge is -2.35. The normalized spacial score (nSPS) is 15.9. The number of hydrogen-bond donors (Lipinski definition) is 2. The maximum atomic E-state index is 10.6. The Kier molecular flexibility index (Phi) is 5.57. The number of phenols is 1. The van der Waals surface area contributed by atoms with Gasteiger partial charge in [-0.05, 0) is 79.8 Å². The quantitative estimate of drug-likeness (QED) is 0.295. The number of benzene rings is 4. The number of fused-ring (bicyclic) bond motifs is 5. The average Bonchev–Trinajstić information content (AvgIpc) is 2.89. The summed E-state index contributed by atoms with van der Waals surface area (Å²) in [5, 5.41) is 14.3. The van der Waals surface area contributed by atoms with Gasteiger partial charge in [0.1, 0.15) is 11.5 Å². The zero-order valence-electron chi connectivity index (χ0n) is 22.3. The first-order valence-electron chi connectivity index (χ1n) is 12.9. The van der Waals surface area contributed by atoms with Crippen LogP contribution in [0, 0.1) is 6.92 Å². The minimum absolute atomic E-state index is 0.0869. The van der Waals surface area contributed by atoms with Gasteiger partial charge in [-0.25, -0.2) is 0 Å². The SMILES string of the molecule is COc1c(O)ccc2c1-c1ccc3c(c1C(=Cc1cccc(-c4ccccc4)c1C)O2)C(C)=CC(C)(C)N3. The van der Waals surface area contributed by atoms with E-state index in [4.69, 9.17) is 9.47 Å². The molecular weight excluding hydrogens is 470 g/mol. The Labute approximate surface area is 223 Å². The summed E-state index contributed by atoms with van der Waals surface area (Å²) in [4.78, 5) is 0. The molecule has 0 spiro atoms. The van der Waals surface area contributed by atoms with Crippen LogP contribution >= 0.6 is 0 Å². The van der Waals surface area contributed by atoms with Gasteiger partial charge in [-0.2, -0.15) is 0 Å². The van der Waals surface area contributed by atoms with Gasteiger partial charge < -0.3 is 19.9 Å². The Morgan fingerprint density at radius 1 is 0.842 bits per heavy atom. The molecule has 2 aliphatic heterocycles. The van der Waals surface area contributed by atoms with Gasteiger partial charge in [0.25, 0.3) is 0 Å². The van der Waals surface area contributed by atoms with E-state index in [-0.39, 0.29) is 11.3 Å². The van der Waals surface area contributed by atoms with Crippen molar-refractivity contribution in [2.75, 3.05) is 12.4 Å². The third-order valence-electron chi connectivity index (χ3n) is 7.42. The second-order valence-corrected chi connectivity index (χ2v) is 10.6. The van der Waals surface area contributed by atoms with E-state index in [9.17, 15) is 5.11 Å². The summed E-state index contributed by atoms with van der Waals surface area (Å²) >= 11 is 0. The molecule has 0 unspecified atom stereocenters. The summed E-state index contributed by atoms with van der Waals surface area (Å²) in [5.41, 5.74) is 10.5. The van der Waals surface area contributed by atoms with Crippen molar-refractivity contribution in [3.63, 3.8) is 0 Å². The Balaban J connectivity index is 1.62. The first-order valence-corrected chi connectivity index (χ1v) is 12.9. The highest BCUT2D eigenvalue weighted by atomic mass is 16.5. The van der Waals surface area contributed by atoms with Crippen molar-refractivity contribution in [1.82, 2.24) is 0 Å². The minimum atomic E-state index is -0.167. The second kappa shape index (κ2) is 8.84. The van der Waals surface area contributed by atoms with Gasteiger partial charge in [0.05, 0.1) is 18.2 Å². The van der Waals surface area contributed by atoms with Crippen LogP contribution in [0.1, 0.15) is 43.0 Å². The highest BCUT2D eigenvalue weighted by Gasteiger charge is 2.33. The summed E-state index contributed by atoms with van der Waals surface area (Å²) in [6, 6.07) is 24.5. The lowest BCUT2D eigenvalue weighted by atomic mass is 9.82. The standard InChI is InChI=1S/C34H31NO3/c1-20-19-34(3,4)35-26-15-14-25-31(30(20)26)29(38-28-17-16-27(36)33(37-5)32(25)28)18-23-12-9-13-24(21(23)2)22-10-7-6-8-11-22/h6-19,35-36H,1-5H3. The molecule has 0 amide bonds. The molecule has 0 aromatic heterocycles. The topological polar surface area (TPSA) is 50.7 Å². The fourth-order valence-corrected chi connectivity index (χ4v) is 5.83. The number of methoxy groups -OCH3 is 1. The Bertz CT molecular complexity index is 1640. The van der Waals surface area contributed by atoms with Crippen LogP contribution in [0.25, 0.3) is 39.7 Å². The zero-order valence-corrected chi connectivity index (χ0v) is 22.3. The lowest BCUT2D eigenvalue weighted by Crippen LogP contribution is -2.32. The predicted octanol–water partition coefficient (Wildman–Crippen LogP) is 8.54. The molecule has 4 aromatic carbocycles. The van der Waals surface area contributed by atoms with Crippen LogP contribution in [-0.4, -0.2) is 17.8 Å². The summed E-state index contributed by atoms with van der Waals surface area (Å²) < 4.78 is 12.3. The molecule has 0 fully saturated rings. The van der Waals surface area contributed by atoms with Crippen molar-refractivity contribution in [3.05, 3.63) is 101 Å². The number of anilines is 1. The van der Waals surface area contributed by atoms with E-state index in [0.717, 1.165) is 39.3 Å². The molecule has 2 N–H and O–H groups in total. The van der Waals surface area contributed by atoms with Crippen molar-refractivity contribution in [2.45, 2.75) is 33.2 Å². The van der Waals surface area contributed by atoms with Crippen molar-refractivity contribution in [1.29, 1.82) is 0 Å². The van der Waals surface area contributed by atoms with Crippen molar-refractivity contribution < 1.29 is 14.6 Å². The molecule has 0 saturated carbocycles. The first kappa shape index (κ1) is 23.9. The molecule has 0 radical (unpaired) electrons. The van der Waals surface area contributed by atoms with E-state index in [1.165, 1.54) is 22.3 Å². The Morgan fingerprint density at radius 2 is 1.63 bits per heavy atom. The van der Waals surface area contributed by atoms with Crippen molar-refractivity contribution in [2.24, 2.45) is 0 Å². The number of hydrogen-bond acceptors (Lipinski definition) is 4. The van der Waals surface area contributed by atoms with Crippen LogP contribution in [-0.2, 0) is 0 Å². The fourth-order valence-electron chi connectivity index (χ4n) is 5.83. The van der Waals surface area contributed by atoms with Crippen LogP contribution in [0.3, 0.4) is 0 Å². The average molecular weight is 502 g/mol. The van der Waals surface area contributed by atoms with Gasteiger partial charge in [0.2, 0.25) is 0 Å². The molecule has 0 aliphatic carbocycles. The Hall–Kier alpha value is -4.44. The third-order valence-corrected chi connectivity index (χ3v) is 7.42. The van der Waals surface area contributed by atoms with E-state index in [2.05, 4.69) is 99.8 Å². The van der Waals surface area contributed by atoms with E-state index < -0.39 is 0 Å². The van der Waals surface area contributed by atoms with Gasteiger partial charge in [-0.15, -0.1) is 0 Å². The van der Waals surface area contributed by atoms with Crippen molar-refractivity contribution >= 4 is 23.1 Å². The van der Waals surface area contributed by atoms with E-state index >= 15 is 0 Å². The molecule has 4 nitrogen and oxygen atoms in total. The van der Waals surface area contributed by atoms with Crippen LogP contribution in [0.2, 0.25) is 0 Å². The van der Waals surface area contributed by atoms with Crippen LogP contribution in [0.4, 0.5) is 5.69 Å². The monoisotopic (exact) mass is 501 g/mol. The molecule has 4 aromatic rings. The largest absolute Gasteiger partial charge is 0.504 e. The number of allylic oxidation sites excluding steroid dienone is 1. The van der Waals surface area contributed by atoms with Gasteiger partial charge >= 0.3 is 0 Å². The summed E-state index contributed by atoms with van der Waals surface area (Å²) in [7, 11) is 1.58. The van der Waals surface area contributed by atoms with Gasteiger partial charge in [-0.3, -0.25) is 0 Å². The first-order chi connectivity index (χ1) is 18.3.